The Labute approximate surface area is 127 Å². The van der Waals surface area contributed by atoms with Gasteiger partial charge in [-0.2, -0.15) is 4.52 Å². The van der Waals surface area contributed by atoms with E-state index < -0.39 is 0 Å². The predicted octanol–water partition coefficient (Wildman–Crippen LogP) is 1.80. The van der Waals surface area contributed by atoms with E-state index in [0.717, 1.165) is 30.2 Å². The number of hydrogen-bond donors (Lipinski definition) is 0. The first-order valence-electron chi connectivity index (χ1n) is 7.33. The van der Waals surface area contributed by atoms with Gasteiger partial charge in [-0.25, -0.2) is 4.98 Å². The Kier molecular flexibility index (Phi) is 3.10. The second-order valence-electron chi connectivity index (χ2n) is 5.26. The van der Waals surface area contributed by atoms with Crippen LogP contribution in [0.25, 0.3) is 17.2 Å². The maximum absolute atomic E-state index is 5.13. The molecule has 4 rings (SSSR count). The highest BCUT2D eigenvalue weighted by atomic mass is 16.5. The van der Waals surface area contributed by atoms with Gasteiger partial charge in [-0.05, 0) is 37.1 Å². The molecule has 1 fully saturated rings. The van der Waals surface area contributed by atoms with Crippen LogP contribution >= 0.6 is 0 Å². The Morgan fingerprint density at radius 3 is 2.64 bits per heavy atom. The smallest absolute Gasteiger partial charge is 0.203 e. The van der Waals surface area contributed by atoms with E-state index in [1.54, 1.807) is 17.8 Å². The number of rotatable bonds is 3. The second-order valence-corrected chi connectivity index (χ2v) is 5.26. The normalized spacial score (nSPS) is 14.7. The number of ether oxygens (including phenoxy) is 1. The van der Waals surface area contributed by atoms with E-state index in [-0.39, 0.29) is 0 Å². The highest BCUT2D eigenvalue weighted by Gasteiger charge is 2.16. The highest BCUT2D eigenvalue weighted by Crippen LogP contribution is 2.21. The van der Waals surface area contributed by atoms with Crippen LogP contribution in [0.2, 0.25) is 0 Å². The first-order valence-corrected chi connectivity index (χ1v) is 7.33. The standard InChI is InChI=1S/C15H16N6O/c1-22-11-4-5-12(16-10-11)15-18-17-13-6-7-14(19-21(13)15)20-8-2-3-9-20/h4-7,10H,2-3,8-9H2,1H3. The fourth-order valence-corrected chi connectivity index (χ4v) is 2.69. The molecule has 0 bridgehead atoms. The Morgan fingerprint density at radius 2 is 1.91 bits per heavy atom. The summed E-state index contributed by atoms with van der Waals surface area (Å²) in [6.07, 6.45) is 4.10. The van der Waals surface area contributed by atoms with E-state index in [1.165, 1.54) is 12.8 Å². The number of hydrogen-bond acceptors (Lipinski definition) is 6. The molecule has 0 radical (unpaired) electrons. The van der Waals surface area contributed by atoms with Crippen molar-refractivity contribution in [1.82, 2.24) is 24.8 Å². The van der Waals surface area contributed by atoms with Crippen LogP contribution in [0.5, 0.6) is 5.75 Å². The molecular weight excluding hydrogens is 280 g/mol. The van der Waals surface area contributed by atoms with Crippen molar-refractivity contribution in [3.8, 4) is 17.3 Å². The van der Waals surface area contributed by atoms with Crippen LogP contribution in [-0.2, 0) is 0 Å². The first kappa shape index (κ1) is 13.0. The van der Waals surface area contributed by atoms with Crippen molar-refractivity contribution in [3.63, 3.8) is 0 Å². The topological polar surface area (TPSA) is 68.4 Å². The van der Waals surface area contributed by atoms with Gasteiger partial charge in [0.1, 0.15) is 17.3 Å². The zero-order valence-corrected chi connectivity index (χ0v) is 12.3. The van der Waals surface area contributed by atoms with Crippen LogP contribution in [0, 0.1) is 0 Å². The number of methoxy groups -OCH3 is 1. The lowest BCUT2D eigenvalue weighted by Gasteiger charge is -2.15. The summed E-state index contributed by atoms with van der Waals surface area (Å²) in [7, 11) is 1.62. The van der Waals surface area contributed by atoms with Gasteiger partial charge < -0.3 is 9.64 Å². The van der Waals surface area contributed by atoms with E-state index >= 15 is 0 Å². The van der Waals surface area contributed by atoms with Gasteiger partial charge in [-0.3, -0.25) is 0 Å². The quantitative estimate of drug-likeness (QED) is 0.734. The van der Waals surface area contributed by atoms with Crippen molar-refractivity contribution in [2.75, 3.05) is 25.1 Å². The minimum Gasteiger partial charge on any atom is -0.495 e. The Morgan fingerprint density at radius 1 is 1.05 bits per heavy atom. The molecule has 0 amide bonds. The van der Waals surface area contributed by atoms with Gasteiger partial charge in [0.05, 0.1) is 13.3 Å². The minimum absolute atomic E-state index is 0.638. The molecule has 1 aliphatic heterocycles. The zero-order chi connectivity index (χ0) is 14.9. The molecule has 0 spiro atoms. The molecule has 0 atom stereocenters. The van der Waals surface area contributed by atoms with Crippen LogP contribution in [-0.4, -0.2) is 45.0 Å². The third-order valence-corrected chi connectivity index (χ3v) is 3.88. The van der Waals surface area contributed by atoms with Crippen LogP contribution in [0.1, 0.15) is 12.8 Å². The van der Waals surface area contributed by atoms with Crippen molar-refractivity contribution >= 4 is 11.5 Å². The molecule has 112 valence electrons. The lowest BCUT2D eigenvalue weighted by Crippen LogP contribution is -2.19. The number of nitrogens with zero attached hydrogens (tertiary/aromatic N) is 6. The average molecular weight is 296 g/mol. The monoisotopic (exact) mass is 296 g/mol. The maximum Gasteiger partial charge on any atom is 0.203 e. The summed E-state index contributed by atoms with van der Waals surface area (Å²) in [6, 6.07) is 7.66. The lowest BCUT2D eigenvalue weighted by atomic mass is 10.3. The van der Waals surface area contributed by atoms with Crippen molar-refractivity contribution in [1.29, 1.82) is 0 Å². The van der Waals surface area contributed by atoms with E-state index in [2.05, 4.69) is 25.2 Å². The minimum atomic E-state index is 0.638. The van der Waals surface area contributed by atoms with E-state index in [9.17, 15) is 0 Å². The predicted molar refractivity (Wildman–Crippen MR) is 82.0 cm³/mol. The molecule has 1 saturated heterocycles. The Bertz CT molecular complexity index is 791. The van der Waals surface area contributed by atoms with Crippen LogP contribution in [0.15, 0.2) is 30.5 Å². The zero-order valence-electron chi connectivity index (χ0n) is 12.3. The van der Waals surface area contributed by atoms with Crippen molar-refractivity contribution < 1.29 is 4.74 Å². The molecule has 0 N–H and O–H groups in total. The first-order chi connectivity index (χ1) is 10.8. The SMILES string of the molecule is COc1ccc(-c2nnc3ccc(N4CCCC4)nn23)nc1. The largest absolute Gasteiger partial charge is 0.495 e. The molecule has 0 saturated carbocycles. The Hall–Kier alpha value is -2.70. The molecule has 3 aromatic heterocycles. The molecule has 4 heterocycles. The van der Waals surface area contributed by atoms with Gasteiger partial charge >= 0.3 is 0 Å². The van der Waals surface area contributed by atoms with Gasteiger partial charge in [0.25, 0.3) is 0 Å². The molecule has 0 aliphatic carbocycles. The molecule has 7 heteroatoms. The van der Waals surface area contributed by atoms with Gasteiger partial charge in [-0.1, -0.05) is 0 Å². The lowest BCUT2D eigenvalue weighted by molar-refractivity contribution is 0.413. The van der Waals surface area contributed by atoms with E-state index in [4.69, 9.17) is 4.74 Å². The number of pyridine rings is 1. The molecule has 0 aromatic carbocycles. The summed E-state index contributed by atoms with van der Waals surface area (Å²) in [5.74, 6) is 2.31. The van der Waals surface area contributed by atoms with Crippen molar-refractivity contribution in [2.45, 2.75) is 12.8 Å². The summed E-state index contributed by atoms with van der Waals surface area (Å²) in [4.78, 5) is 6.65. The van der Waals surface area contributed by atoms with Crippen LogP contribution in [0.4, 0.5) is 5.82 Å². The summed E-state index contributed by atoms with van der Waals surface area (Å²) in [6.45, 7) is 2.10. The van der Waals surface area contributed by atoms with Gasteiger partial charge in [-0.15, -0.1) is 15.3 Å². The van der Waals surface area contributed by atoms with Gasteiger partial charge in [0.15, 0.2) is 5.65 Å². The average Bonchev–Trinajstić information content (AvgIpc) is 3.24. The summed E-state index contributed by atoms with van der Waals surface area (Å²) < 4.78 is 6.89. The number of fused-ring (bicyclic) bond motifs is 1. The third-order valence-electron chi connectivity index (χ3n) is 3.88. The fourth-order valence-electron chi connectivity index (χ4n) is 2.69. The van der Waals surface area contributed by atoms with Crippen molar-refractivity contribution in [2.24, 2.45) is 0 Å². The fraction of sp³-hybridized carbons (Fsp3) is 0.333. The maximum atomic E-state index is 5.13. The Balaban J connectivity index is 1.77. The number of aromatic nitrogens is 5. The molecule has 1 aliphatic rings. The molecule has 0 unspecified atom stereocenters. The second kappa shape index (κ2) is 5.25. The molecule has 3 aromatic rings. The summed E-state index contributed by atoms with van der Waals surface area (Å²) in [5, 5.41) is 13.1. The number of anilines is 1. The summed E-state index contributed by atoms with van der Waals surface area (Å²) >= 11 is 0. The third kappa shape index (κ3) is 2.14. The van der Waals surface area contributed by atoms with Gasteiger partial charge in [0, 0.05) is 13.1 Å². The molecular formula is C15H16N6O. The van der Waals surface area contributed by atoms with E-state index in [1.807, 2.05) is 24.3 Å². The molecule has 7 nitrogen and oxygen atoms in total. The van der Waals surface area contributed by atoms with Crippen LogP contribution < -0.4 is 9.64 Å². The van der Waals surface area contributed by atoms with Gasteiger partial charge in [0.2, 0.25) is 5.82 Å². The van der Waals surface area contributed by atoms with Crippen LogP contribution in [0.3, 0.4) is 0 Å². The van der Waals surface area contributed by atoms with E-state index in [0.29, 0.717) is 11.6 Å². The molecule has 22 heavy (non-hydrogen) atoms. The highest BCUT2D eigenvalue weighted by molar-refractivity contribution is 5.56. The van der Waals surface area contributed by atoms with Crippen molar-refractivity contribution in [3.05, 3.63) is 30.5 Å². The summed E-state index contributed by atoms with van der Waals surface area (Å²) in [5.41, 5.74) is 1.44.